The van der Waals surface area contributed by atoms with Gasteiger partial charge in [-0.3, -0.25) is 0 Å². The highest BCUT2D eigenvalue weighted by molar-refractivity contribution is 8.00. The van der Waals surface area contributed by atoms with E-state index in [0.29, 0.717) is 24.2 Å². The van der Waals surface area contributed by atoms with Gasteiger partial charge < -0.3 is 28.6 Å². The molecule has 0 bridgehead atoms. The summed E-state index contributed by atoms with van der Waals surface area (Å²) in [6, 6.07) is 54.1. The maximum Gasteiger partial charge on any atom is 0.147 e. The quantitative estimate of drug-likeness (QED) is 0.0404. The third-order valence-electron chi connectivity index (χ3n) is 18.9. The molecule has 4 aliphatic rings. The van der Waals surface area contributed by atoms with Crippen LogP contribution >= 0.6 is 47.0 Å². The summed E-state index contributed by atoms with van der Waals surface area (Å²) in [4.78, 5) is 40.2. The average Bonchev–Trinajstić information content (AvgIpc) is 3.56. The van der Waals surface area contributed by atoms with Gasteiger partial charge in [-0.25, -0.2) is 19.9 Å². The van der Waals surface area contributed by atoms with Crippen LogP contribution in [-0.4, -0.2) is 106 Å². The second kappa shape index (κ2) is 26.3. The summed E-state index contributed by atoms with van der Waals surface area (Å²) in [7, 11) is 5.08. The molecule has 14 heteroatoms. The smallest absolute Gasteiger partial charge is 0.147 e. The van der Waals surface area contributed by atoms with Crippen LogP contribution in [0.25, 0.3) is 0 Å². The van der Waals surface area contributed by atoms with Gasteiger partial charge in [-0.05, 0) is 150 Å². The lowest BCUT2D eigenvalue weighted by molar-refractivity contribution is -0.950. The van der Waals surface area contributed by atoms with Crippen molar-refractivity contribution >= 4 is 93.1 Å². The molecule has 0 fully saturated rings. The molecule has 12 rings (SSSR count). The van der Waals surface area contributed by atoms with E-state index in [2.05, 4.69) is 207 Å². The number of benzene rings is 4. The summed E-state index contributed by atoms with van der Waals surface area (Å²) >= 11 is 7.36. The molecule has 0 saturated heterocycles. The minimum absolute atomic E-state index is 0.328. The molecule has 434 valence electrons. The molecule has 84 heavy (non-hydrogen) atoms. The Balaban J connectivity index is 0.673. The summed E-state index contributed by atoms with van der Waals surface area (Å²) < 4.78 is 1.93. The zero-order valence-corrected chi connectivity index (χ0v) is 53.2. The predicted octanol–water partition coefficient (Wildman–Crippen LogP) is 18.1. The monoisotopic (exact) mass is 1190 g/mol. The Morgan fingerprint density at radius 2 is 0.512 bits per heavy atom. The molecule has 8 aromatic rings. The Labute approximate surface area is 517 Å². The van der Waals surface area contributed by atoms with Crippen LogP contribution in [0.1, 0.15) is 91.9 Å². The van der Waals surface area contributed by atoms with Crippen molar-refractivity contribution in [1.29, 1.82) is 0 Å². The number of hydrogen-bond donors (Lipinski definition) is 0. The molecular formula is C70H82N10S4+2. The van der Waals surface area contributed by atoms with Gasteiger partial charge in [0.05, 0.1) is 95.7 Å². The van der Waals surface area contributed by atoms with Gasteiger partial charge in [-0.15, -0.1) is 0 Å². The van der Waals surface area contributed by atoms with Gasteiger partial charge in [0.25, 0.3) is 0 Å². The molecule has 4 aromatic heterocycles. The summed E-state index contributed by atoms with van der Waals surface area (Å²) in [6.45, 7) is 15.8. The lowest BCUT2D eigenvalue weighted by Crippen LogP contribution is -2.62. The number of nitrogens with zero attached hydrogens (tertiary/aromatic N) is 10. The van der Waals surface area contributed by atoms with E-state index in [-0.39, 0.29) is 0 Å². The third kappa shape index (κ3) is 12.2. The average molecular weight is 1190 g/mol. The van der Waals surface area contributed by atoms with Crippen molar-refractivity contribution in [3.63, 3.8) is 0 Å². The van der Waals surface area contributed by atoms with E-state index in [0.717, 1.165) is 71.5 Å². The predicted molar refractivity (Wildman–Crippen MR) is 353 cm³/mol. The number of fused-ring (bicyclic) bond motifs is 8. The second-order valence-corrected chi connectivity index (χ2v) is 28.4. The zero-order chi connectivity index (χ0) is 57.6. The molecule has 10 nitrogen and oxygen atoms in total. The standard InChI is InChI=1S/C70H82N10S4/c1-51(47-75-55-29-15-19-33-59(55)81-63-37-25-41-71-67(63)75)79(5,52(2)48-76-56-30-16-20-34-60(56)82-64-38-26-42-72-68(64)76)45-23-13-11-9-7-8-10-12-14-24-46-80(6,53(3)49-77-57-31-17-21-35-61(57)83-65-39-27-43-73-69(65)77)54(4)50-78-58-32-18-22-36-62(58)84-66-40-28-44-74-70(66)78/h15-22,25-44,51-54H,7-14,23-24,45-50H2,1-6H3/q+2. The molecule has 0 saturated carbocycles. The van der Waals surface area contributed by atoms with Crippen molar-refractivity contribution in [3.05, 3.63) is 170 Å². The van der Waals surface area contributed by atoms with Crippen LogP contribution in [0.15, 0.2) is 210 Å². The maximum absolute atomic E-state index is 5.01. The van der Waals surface area contributed by atoms with Crippen molar-refractivity contribution in [2.45, 2.75) is 155 Å². The summed E-state index contributed by atoms with van der Waals surface area (Å²) in [5.74, 6) is 4.31. The minimum atomic E-state index is 0.328. The maximum atomic E-state index is 5.01. The van der Waals surface area contributed by atoms with Crippen molar-refractivity contribution in [2.75, 3.05) is 73.0 Å². The van der Waals surface area contributed by atoms with E-state index < -0.39 is 0 Å². The highest BCUT2D eigenvalue weighted by atomic mass is 32.2. The molecule has 0 spiro atoms. The van der Waals surface area contributed by atoms with E-state index in [1.165, 1.54) is 126 Å². The molecule has 0 amide bonds. The summed E-state index contributed by atoms with van der Waals surface area (Å²) in [5, 5.41) is 0. The van der Waals surface area contributed by atoms with Crippen molar-refractivity contribution in [2.24, 2.45) is 0 Å². The van der Waals surface area contributed by atoms with E-state index >= 15 is 0 Å². The second-order valence-electron chi connectivity index (χ2n) is 24.1. The van der Waals surface area contributed by atoms with Gasteiger partial charge in [0.2, 0.25) is 0 Å². The molecule has 4 aromatic carbocycles. The van der Waals surface area contributed by atoms with Crippen LogP contribution in [-0.2, 0) is 0 Å². The number of likely N-dealkylation sites (N-methyl/N-ethyl adjacent to an activating group) is 2. The SMILES string of the molecule is CC(CN1c2ccccc2Sc2cccnc21)[N+](C)(CCCCCCCCCCCC[N+](C)(C(C)CN1c2ccccc2Sc2cccnc21)C(C)CN1c2ccccc2Sc2cccnc21)C(C)CN1c2ccccc2Sc2cccnc21. The van der Waals surface area contributed by atoms with Crippen LogP contribution < -0.4 is 19.6 Å². The zero-order valence-electron chi connectivity index (χ0n) is 49.9. The molecule has 0 aliphatic carbocycles. The highest BCUT2D eigenvalue weighted by Gasteiger charge is 2.42. The highest BCUT2D eigenvalue weighted by Crippen LogP contribution is 2.51. The van der Waals surface area contributed by atoms with E-state index in [4.69, 9.17) is 19.9 Å². The van der Waals surface area contributed by atoms with E-state index in [9.17, 15) is 0 Å². The van der Waals surface area contributed by atoms with Crippen LogP contribution in [0.3, 0.4) is 0 Å². The minimum Gasteiger partial charge on any atom is -0.319 e. The third-order valence-corrected chi connectivity index (χ3v) is 23.3. The Bertz CT molecular complexity index is 2920. The molecule has 0 radical (unpaired) electrons. The number of para-hydroxylation sites is 4. The fourth-order valence-electron chi connectivity index (χ4n) is 13.3. The van der Waals surface area contributed by atoms with Gasteiger partial charge in [0.15, 0.2) is 0 Å². The normalized spacial score (nSPS) is 16.7. The first-order valence-corrected chi connectivity index (χ1v) is 34.0. The lowest BCUT2D eigenvalue weighted by atomic mass is 10.0. The van der Waals surface area contributed by atoms with Crippen LogP contribution in [0.4, 0.5) is 46.0 Å². The first-order valence-electron chi connectivity index (χ1n) is 30.7. The van der Waals surface area contributed by atoms with Gasteiger partial charge in [0.1, 0.15) is 47.4 Å². The van der Waals surface area contributed by atoms with Crippen molar-refractivity contribution in [3.8, 4) is 0 Å². The molecule has 0 N–H and O–H groups in total. The van der Waals surface area contributed by atoms with E-state index in [1.54, 1.807) is 0 Å². The number of rotatable bonds is 25. The fourth-order valence-corrected chi connectivity index (χ4v) is 17.5. The Morgan fingerprint density at radius 1 is 0.298 bits per heavy atom. The van der Waals surface area contributed by atoms with E-state index in [1.807, 2.05) is 71.8 Å². The summed E-state index contributed by atoms with van der Waals surface area (Å²) in [5.41, 5.74) is 5.06. The first kappa shape index (κ1) is 58.4. The van der Waals surface area contributed by atoms with Crippen molar-refractivity contribution < 1.29 is 8.97 Å². The van der Waals surface area contributed by atoms with Crippen LogP contribution in [0, 0.1) is 0 Å². The number of aromatic nitrogens is 4. The molecule has 4 unspecified atom stereocenters. The Hall–Kier alpha value is -6.00. The lowest BCUT2D eigenvalue weighted by Gasteiger charge is -2.48. The number of hydrogen-bond acceptors (Lipinski definition) is 12. The summed E-state index contributed by atoms with van der Waals surface area (Å²) in [6.07, 6.45) is 20.6. The molecule has 4 atom stereocenters. The Kier molecular flexibility index (Phi) is 18.3. The molecule has 4 aliphatic heterocycles. The van der Waals surface area contributed by atoms with Crippen LogP contribution in [0.5, 0.6) is 0 Å². The number of pyridine rings is 4. The van der Waals surface area contributed by atoms with Gasteiger partial charge >= 0.3 is 0 Å². The van der Waals surface area contributed by atoms with Gasteiger partial charge in [-0.1, -0.05) is 134 Å². The number of anilines is 8. The van der Waals surface area contributed by atoms with Gasteiger partial charge in [0, 0.05) is 44.4 Å². The molecule has 8 heterocycles. The number of quaternary nitrogens is 2. The first-order chi connectivity index (χ1) is 41.1. The largest absolute Gasteiger partial charge is 0.319 e. The topological polar surface area (TPSA) is 64.5 Å². The van der Waals surface area contributed by atoms with Gasteiger partial charge in [-0.2, -0.15) is 0 Å². The fraction of sp³-hybridized carbons (Fsp3) is 0.371. The number of unbranched alkanes of at least 4 members (excludes halogenated alkanes) is 9. The van der Waals surface area contributed by atoms with Crippen molar-refractivity contribution in [1.82, 2.24) is 19.9 Å². The molecular weight excluding hydrogens is 1110 g/mol. The Morgan fingerprint density at radius 3 is 0.762 bits per heavy atom. The van der Waals surface area contributed by atoms with Crippen LogP contribution in [0.2, 0.25) is 0 Å².